The van der Waals surface area contributed by atoms with Crippen LogP contribution in [0.25, 0.3) is 0 Å². The van der Waals surface area contributed by atoms with E-state index in [2.05, 4.69) is 64.4 Å². The molecule has 7 heteroatoms. The molecule has 6 nitrogen and oxygen atoms in total. The number of rotatable bonds is 5. The summed E-state index contributed by atoms with van der Waals surface area (Å²) in [5.41, 5.74) is 3.82. The molecule has 0 amide bonds. The molecule has 0 radical (unpaired) electrons. The van der Waals surface area contributed by atoms with Crippen LogP contribution < -0.4 is 10.6 Å². The van der Waals surface area contributed by atoms with Crippen molar-refractivity contribution in [1.82, 2.24) is 25.4 Å². The minimum absolute atomic E-state index is 0. The number of nitrogens with zero attached hydrogens (tertiary/aromatic N) is 4. The first-order valence-electron chi connectivity index (χ1n) is 8.66. The van der Waals surface area contributed by atoms with Crippen LogP contribution in [-0.2, 0) is 26.1 Å². The molecule has 0 spiro atoms. The molecular weight excluding hydrogens is 427 g/mol. The molecule has 0 atom stereocenters. The number of nitrogens with one attached hydrogen (secondary N) is 2. The molecule has 0 unspecified atom stereocenters. The third-order valence-electron chi connectivity index (χ3n) is 4.35. The van der Waals surface area contributed by atoms with Crippen molar-refractivity contribution in [3.05, 3.63) is 46.5 Å². The Hall–Kier alpha value is -1.64. The summed E-state index contributed by atoms with van der Waals surface area (Å²) >= 11 is 0. The topological polar surface area (TPSA) is 67.1 Å². The minimum atomic E-state index is 0. The Morgan fingerprint density at radius 1 is 1.24 bits per heavy atom. The predicted molar refractivity (Wildman–Crippen MR) is 111 cm³/mol. The fourth-order valence-electron chi connectivity index (χ4n) is 3.03. The lowest BCUT2D eigenvalue weighted by Gasteiger charge is -2.12. The lowest BCUT2D eigenvalue weighted by molar-refractivity contribution is 0.663. The van der Waals surface area contributed by atoms with Gasteiger partial charge in [0.05, 0.1) is 13.1 Å². The SMILES string of the molecule is CCNC(=NCc1ccc(C)cc1C)NCc1nnc2n1CCC2.I. The van der Waals surface area contributed by atoms with E-state index in [0.717, 1.165) is 37.1 Å². The molecule has 1 aliphatic heterocycles. The van der Waals surface area contributed by atoms with Gasteiger partial charge in [-0.2, -0.15) is 0 Å². The van der Waals surface area contributed by atoms with Gasteiger partial charge < -0.3 is 15.2 Å². The highest BCUT2D eigenvalue weighted by atomic mass is 127. The van der Waals surface area contributed by atoms with Crippen LogP contribution in [0.5, 0.6) is 0 Å². The van der Waals surface area contributed by atoms with Crippen molar-refractivity contribution in [2.24, 2.45) is 4.99 Å². The summed E-state index contributed by atoms with van der Waals surface area (Å²) in [6.07, 6.45) is 2.20. The van der Waals surface area contributed by atoms with Crippen molar-refractivity contribution in [3.8, 4) is 0 Å². The van der Waals surface area contributed by atoms with Crippen LogP contribution in [0.2, 0.25) is 0 Å². The second kappa shape index (κ2) is 9.17. The average molecular weight is 454 g/mol. The second-order valence-corrected chi connectivity index (χ2v) is 6.27. The van der Waals surface area contributed by atoms with Crippen LogP contribution in [0.1, 0.15) is 41.7 Å². The van der Waals surface area contributed by atoms with Gasteiger partial charge in [0.15, 0.2) is 11.8 Å². The average Bonchev–Trinajstić information content (AvgIpc) is 3.15. The van der Waals surface area contributed by atoms with Crippen LogP contribution in [-0.4, -0.2) is 27.3 Å². The molecule has 0 saturated carbocycles. The van der Waals surface area contributed by atoms with Crippen LogP contribution in [0.15, 0.2) is 23.2 Å². The van der Waals surface area contributed by atoms with Gasteiger partial charge in [0, 0.05) is 19.5 Å². The van der Waals surface area contributed by atoms with Gasteiger partial charge in [0.2, 0.25) is 0 Å². The van der Waals surface area contributed by atoms with Gasteiger partial charge >= 0.3 is 0 Å². The predicted octanol–water partition coefficient (Wildman–Crippen LogP) is 2.71. The molecule has 0 saturated heterocycles. The molecule has 0 aliphatic carbocycles. The van der Waals surface area contributed by atoms with Gasteiger partial charge in [-0.05, 0) is 38.3 Å². The third kappa shape index (κ3) is 4.93. The normalized spacial score (nSPS) is 13.3. The van der Waals surface area contributed by atoms with Crippen LogP contribution in [0, 0.1) is 13.8 Å². The summed E-state index contributed by atoms with van der Waals surface area (Å²) in [5, 5.41) is 15.2. The monoisotopic (exact) mass is 454 g/mol. The molecule has 1 aromatic heterocycles. The third-order valence-corrected chi connectivity index (χ3v) is 4.35. The summed E-state index contributed by atoms with van der Waals surface area (Å²) < 4.78 is 2.21. The molecule has 2 N–H and O–H groups in total. The Balaban J connectivity index is 0.00000225. The number of hydrogen-bond donors (Lipinski definition) is 2. The number of fused-ring (bicyclic) bond motifs is 1. The molecule has 0 bridgehead atoms. The van der Waals surface area contributed by atoms with E-state index in [4.69, 9.17) is 4.99 Å². The summed E-state index contributed by atoms with van der Waals surface area (Å²) in [6.45, 7) is 9.49. The quantitative estimate of drug-likeness (QED) is 0.414. The first-order valence-corrected chi connectivity index (χ1v) is 8.66. The number of halogens is 1. The first-order chi connectivity index (χ1) is 11.7. The lowest BCUT2D eigenvalue weighted by atomic mass is 10.1. The van der Waals surface area contributed by atoms with Gasteiger partial charge in [-0.1, -0.05) is 23.8 Å². The lowest BCUT2D eigenvalue weighted by Crippen LogP contribution is -2.37. The van der Waals surface area contributed by atoms with Crippen molar-refractivity contribution in [2.45, 2.75) is 53.2 Å². The Bertz CT molecular complexity index is 737. The van der Waals surface area contributed by atoms with Crippen molar-refractivity contribution in [1.29, 1.82) is 0 Å². The summed E-state index contributed by atoms with van der Waals surface area (Å²) in [6, 6.07) is 6.49. The van der Waals surface area contributed by atoms with Crippen LogP contribution in [0.3, 0.4) is 0 Å². The summed E-state index contributed by atoms with van der Waals surface area (Å²) in [4.78, 5) is 4.70. The molecule has 0 fully saturated rings. The van der Waals surface area contributed by atoms with E-state index in [9.17, 15) is 0 Å². The Morgan fingerprint density at radius 3 is 2.84 bits per heavy atom. The molecule has 25 heavy (non-hydrogen) atoms. The summed E-state index contributed by atoms with van der Waals surface area (Å²) in [5.74, 6) is 2.90. The largest absolute Gasteiger partial charge is 0.357 e. The van der Waals surface area contributed by atoms with Crippen molar-refractivity contribution < 1.29 is 0 Å². The van der Waals surface area contributed by atoms with E-state index in [0.29, 0.717) is 13.1 Å². The molecule has 2 heterocycles. The van der Waals surface area contributed by atoms with E-state index < -0.39 is 0 Å². The number of hydrogen-bond acceptors (Lipinski definition) is 3. The van der Waals surface area contributed by atoms with Gasteiger partial charge in [0.25, 0.3) is 0 Å². The molecule has 2 aromatic rings. The number of aryl methyl sites for hydroxylation is 3. The zero-order chi connectivity index (χ0) is 16.9. The molecular formula is C18H27IN6. The maximum atomic E-state index is 4.70. The second-order valence-electron chi connectivity index (χ2n) is 6.27. The van der Waals surface area contributed by atoms with Gasteiger partial charge in [-0.3, -0.25) is 0 Å². The smallest absolute Gasteiger partial charge is 0.191 e. The van der Waals surface area contributed by atoms with Gasteiger partial charge in [-0.15, -0.1) is 34.2 Å². The highest BCUT2D eigenvalue weighted by Crippen LogP contribution is 2.14. The van der Waals surface area contributed by atoms with Gasteiger partial charge in [0.1, 0.15) is 5.82 Å². The molecule has 3 rings (SSSR count). The van der Waals surface area contributed by atoms with E-state index in [1.54, 1.807) is 0 Å². The van der Waals surface area contributed by atoms with E-state index >= 15 is 0 Å². The minimum Gasteiger partial charge on any atom is -0.357 e. The van der Waals surface area contributed by atoms with Crippen molar-refractivity contribution in [2.75, 3.05) is 6.54 Å². The molecule has 136 valence electrons. The standard InChI is InChI=1S/C18H26N6.HI/c1-4-19-18(20-11-15-8-7-13(2)10-14(15)3)21-12-17-23-22-16-6-5-9-24(16)17;/h7-8,10H,4-6,9,11-12H2,1-3H3,(H2,19,20,21);1H. The first kappa shape index (κ1) is 19.7. The highest BCUT2D eigenvalue weighted by molar-refractivity contribution is 14.0. The molecule has 1 aliphatic rings. The van der Waals surface area contributed by atoms with Crippen molar-refractivity contribution in [3.63, 3.8) is 0 Å². The Morgan fingerprint density at radius 2 is 2.08 bits per heavy atom. The van der Waals surface area contributed by atoms with E-state index in [1.807, 2.05) is 0 Å². The zero-order valence-corrected chi connectivity index (χ0v) is 17.5. The van der Waals surface area contributed by atoms with Crippen LogP contribution in [0.4, 0.5) is 0 Å². The Labute approximate surface area is 166 Å². The van der Waals surface area contributed by atoms with E-state index in [-0.39, 0.29) is 24.0 Å². The molecule has 1 aromatic carbocycles. The summed E-state index contributed by atoms with van der Waals surface area (Å²) in [7, 11) is 0. The number of aromatic nitrogens is 3. The number of benzene rings is 1. The number of guanidine groups is 1. The van der Waals surface area contributed by atoms with Gasteiger partial charge in [-0.25, -0.2) is 4.99 Å². The number of aliphatic imine (C=N–C) groups is 1. The zero-order valence-electron chi connectivity index (χ0n) is 15.2. The fraction of sp³-hybridized carbons (Fsp3) is 0.500. The van der Waals surface area contributed by atoms with E-state index in [1.165, 1.54) is 23.1 Å². The highest BCUT2D eigenvalue weighted by Gasteiger charge is 2.17. The fourth-order valence-corrected chi connectivity index (χ4v) is 3.03. The Kier molecular flexibility index (Phi) is 7.22. The van der Waals surface area contributed by atoms with Crippen LogP contribution >= 0.6 is 24.0 Å². The maximum Gasteiger partial charge on any atom is 0.191 e. The van der Waals surface area contributed by atoms with Crippen molar-refractivity contribution >= 4 is 29.9 Å². The maximum absolute atomic E-state index is 4.70.